The summed E-state index contributed by atoms with van der Waals surface area (Å²) in [6, 6.07) is 27.4. The van der Waals surface area contributed by atoms with Gasteiger partial charge < -0.3 is 9.64 Å². The van der Waals surface area contributed by atoms with Crippen LogP contribution in [-0.2, 0) is 4.79 Å². The molecule has 0 N–H and O–H groups in total. The van der Waals surface area contributed by atoms with Crippen LogP contribution in [0.5, 0.6) is 5.75 Å². The number of anilines is 1. The van der Waals surface area contributed by atoms with Crippen molar-refractivity contribution in [2.75, 3.05) is 25.6 Å². The van der Waals surface area contributed by atoms with Gasteiger partial charge in [-0.25, -0.2) is 5.01 Å². The number of hydrogen-bond donors (Lipinski definition) is 0. The lowest BCUT2D eigenvalue weighted by Crippen LogP contribution is -2.31. The molecular weight excluding hydrogens is 530 g/mol. The third-order valence-corrected chi connectivity index (χ3v) is 6.99. The molecule has 7 heteroatoms. The van der Waals surface area contributed by atoms with Gasteiger partial charge in [-0.05, 0) is 58.3 Å². The molecule has 5 rings (SSSR count). The molecular formula is C30H26BrN3O3. The monoisotopic (exact) mass is 555 g/mol. The number of carbonyl (C=O) groups excluding carboxylic acids is 2. The minimum absolute atomic E-state index is 0.233. The van der Waals surface area contributed by atoms with Crippen LogP contribution in [0.1, 0.15) is 33.9 Å². The molecule has 1 aliphatic heterocycles. The molecule has 1 unspecified atom stereocenters. The Morgan fingerprint density at radius 3 is 2.51 bits per heavy atom. The van der Waals surface area contributed by atoms with E-state index >= 15 is 0 Å². The van der Waals surface area contributed by atoms with E-state index in [4.69, 9.17) is 9.84 Å². The van der Waals surface area contributed by atoms with Gasteiger partial charge in [0.15, 0.2) is 12.9 Å². The number of benzene rings is 4. The maximum atomic E-state index is 13.4. The molecule has 1 aliphatic rings. The Kier molecular flexibility index (Phi) is 7.06. The average molecular weight is 556 g/mol. The SMILES string of the molecule is CN(C)c1ccc(C2CC(c3ccc4ccccc4c3)=NN2C(=O)COc2ccc(Br)cc2C=O)cc1. The van der Waals surface area contributed by atoms with Gasteiger partial charge in [0.2, 0.25) is 0 Å². The zero-order valence-corrected chi connectivity index (χ0v) is 22.2. The fourth-order valence-electron chi connectivity index (χ4n) is 4.49. The average Bonchev–Trinajstić information content (AvgIpc) is 3.37. The van der Waals surface area contributed by atoms with Crippen molar-refractivity contribution in [2.24, 2.45) is 5.10 Å². The van der Waals surface area contributed by atoms with Crippen molar-refractivity contribution in [1.29, 1.82) is 0 Å². The van der Waals surface area contributed by atoms with E-state index in [1.165, 1.54) is 5.01 Å². The first-order chi connectivity index (χ1) is 17.9. The molecule has 1 atom stereocenters. The van der Waals surface area contributed by atoms with Crippen LogP contribution >= 0.6 is 15.9 Å². The summed E-state index contributed by atoms with van der Waals surface area (Å²) in [5, 5.41) is 8.58. The molecule has 37 heavy (non-hydrogen) atoms. The Bertz CT molecular complexity index is 1500. The number of hydrazone groups is 1. The highest BCUT2D eigenvalue weighted by molar-refractivity contribution is 9.10. The van der Waals surface area contributed by atoms with E-state index in [1.54, 1.807) is 18.2 Å². The lowest BCUT2D eigenvalue weighted by Gasteiger charge is -2.23. The molecule has 0 aliphatic carbocycles. The van der Waals surface area contributed by atoms with Crippen molar-refractivity contribution in [3.8, 4) is 5.75 Å². The largest absolute Gasteiger partial charge is 0.483 e. The molecule has 186 valence electrons. The smallest absolute Gasteiger partial charge is 0.281 e. The number of amides is 1. The van der Waals surface area contributed by atoms with Gasteiger partial charge in [0.1, 0.15) is 5.75 Å². The Morgan fingerprint density at radius 1 is 1.03 bits per heavy atom. The number of nitrogens with zero attached hydrogens (tertiary/aromatic N) is 3. The van der Waals surface area contributed by atoms with E-state index in [0.717, 1.165) is 37.8 Å². The van der Waals surface area contributed by atoms with Crippen LogP contribution in [0.15, 0.2) is 94.5 Å². The molecule has 0 saturated heterocycles. The molecule has 4 aromatic carbocycles. The third kappa shape index (κ3) is 5.27. The zero-order chi connectivity index (χ0) is 25.9. The van der Waals surface area contributed by atoms with Gasteiger partial charge in [0.25, 0.3) is 5.91 Å². The summed E-state index contributed by atoms with van der Waals surface area (Å²) in [5.41, 5.74) is 4.28. The van der Waals surface area contributed by atoms with Crippen molar-refractivity contribution in [2.45, 2.75) is 12.5 Å². The first-order valence-electron chi connectivity index (χ1n) is 12.0. The number of carbonyl (C=O) groups is 2. The second-order valence-corrected chi connectivity index (χ2v) is 10.1. The highest BCUT2D eigenvalue weighted by Crippen LogP contribution is 2.34. The highest BCUT2D eigenvalue weighted by Gasteiger charge is 2.33. The summed E-state index contributed by atoms with van der Waals surface area (Å²) >= 11 is 3.35. The molecule has 0 saturated carbocycles. The lowest BCUT2D eigenvalue weighted by molar-refractivity contribution is -0.135. The van der Waals surface area contributed by atoms with Crippen molar-refractivity contribution < 1.29 is 14.3 Å². The molecule has 1 amide bonds. The normalized spacial score (nSPS) is 14.9. The van der Waals surface area contributed by atoms with Gasteiger partial charge >= 0.3 is 0 Å². The predicted octanol–water partition coefficient (Wildman–Crippen LogP) is 6.24. The number of fused-ring (bicyclic) bond motifs is 1. The van der Waals surface area contributed by atoms with E-state index < -0.39 is 0 Å². The number of halogens is 1. The van der Waals surface area contributed by atoms with Gasteiger partial charge in [0, 0.05) is 30.7 Å². The van der Waals surface area contributed by atoms with Crippen molar-refractivity contribution >= 4 is 50.3 Å². The summed E-state index contributed by atoms with van der Waals surface area (Å²) in [6.07, 6.45) is 1.30. The van der Waals surface area contributed by atoms with E-state index in [2.05, 4.69) is 46.3 Å². The number of aldehydes is 1. The van der Waals surface area contributed by atoms with Gasteiger partial charge in [-0.3, -0.25) is 9.59 Å². The summed E-state index contributed by atoms with van der Waals surface area (Å²) in [7, 11) is 3.99. The topological polar surface area (TPSA) is 62.2 Å². The Balaban J connectivity index is 1.44. The van der Waals surface area contributed by atoms with Crippen LogP contribution in [0.2, 0.25) is 0 Å². The third-order valence-electron chi connectivity index (χ3n) is 6.49. The quantitative estimate of drug-likeness (QED) is 0.253. The molecule has 4 aromatic rings. The Morgan fingerprint density at radius 2 is 1.78 bits per heavy atom. The van der Waals surface area contributed by atoms with Gasteiger partial charge in [-0.2, -0.15) is 5.10 Å². The first kappa shape index (κ1) is 24.7. The second-order valence-electron chi connectivity index (χ2n) is 9.14. The number of hydrogen-bond acceptors (Lipinski definition) is 5. The molecule has 6 nitrogen and oxygen atoms in total. The minimum Gasteiger partial charge on any atom is -0.483 e. The summed E-state index contributed by atoms with van der Waals surface area (Å²) in [5.74, 6) is 0.0774. The molecule has 0 spiro atoms. The fourth-order valence-corrected chi connectivity index (χ4v) is 4.87. The molecule has 0 fully saturated rings. The molecule has 0 bridgehead atoms. The summed E-state index contributed by atoms with van der Waals surface area (Å²) in [6.45, 7) is -0.233. The Labute approximate surface area is 224 Å². The Hall–Kier alpha value is -3.97. The van der Waals surface area contributed by atoms with Crippen LogP contribution < -0.4 is 9.64 Å². The first-order valence-corrected chi connectivity index (χ1v) is 12.8. The van der Waals surface area contributed by atoms with Crippen LogP contribution in [0.3, 0.4) is 0 Å². The second kappa shape index (κ2) is 10.6. The maximum Gasteiger partial charge on any atom is 0.281 e. The highest BCUT2D eigenvalue weighted by atomic mass is 79.9. The fraction of sp³-hybridized carbons (Fsp3) is 0.167. The van der Waals surface area contributed by atoms with Crippen molar-refractivity contribution in [1.82, 2.24) is 5.01 Å². The van der Waals surface area contributed by atoms with Crippen LogP contribution in [0.4, 0.5) is 5.69 Å². The number of rotatable bonds is 7. The maximum absolute atomic E-state index is 13.4. The van der Waals surface area contributed by atoms with Gasteiger partial charge in [0.05, 0.1) is 17.3 Å². The van der Waals surface area contributed by atoms with Gasteiger partial charge in [-0.15, -0.1) is 0 Å². The number of ether oxygens (including phenoxy) is 1. The van der Waals surface area contributed by atoms with Crippen LogP contribution in [-0.4, -0.2) is 43.6 Å². The standard InChI is InChI=1S/C30H26BrN3O3/c1-33(2)26-12-9-21(10-13-26)28-17-27(23-8-7-20-5-3-4-6-22(20)15-23)32-34(28)30(36)19-37-29-14-11-25(31)16-24(29)18-35/h3-16,18,28H,17,19H2,1-2H3. The van der Waals surface area contributed by atoms with Crippen molar-refractivity contribution in [3.63, 3.8) is 0 Å². The lowest BCUT2D eigenvalue weighted by atomic mass is 9.96. The van der Waals surface area contributed by atoms with Gasteiger partial charge in [-0.1, -0.05) is 64.5 Å². The summed E-state index contributed by atoms with van der Waals surface area (Å²) < 4.78 is 6.53. The molecule has 0 radical (unpaired) electrons. The minimum atomic E-state index is -0.280. The van der Waals surface area contributed by atoms with Crippen LogP contribution in [0.25, 0.3) is 10.8 Å². The van der Waals surface area contributed by atoms with Crippen LogP contribution in [0, 0.1) is 0 Å². The van der Waals surface area contributed by atoms with Crippen molar-refractivity contribution in [3.05, 3.63) is 106 Å². The zero-order valence-electron chi connectivity index (χ0n) is 20.6. The molecule has 1 heterocycles. The summed E-state index contributed by atoms with van der Waals surface area (Å²) in [4.78, 5) is 26.9. The molecule has 0 aromatic heterocycles. The van der Waals surface area contributed by atoms with E-state index in [9.17, 15) is 9.59 Å². The van der Waals surface area contributed by atoms with E-state index in [-0.39, 0.29) is 18.6 Å². The predicted molar refractivity (Wildman–Crippen MR) is 150 cm³/mol. The van der Waals surface area contributed by atoms with E-state index in [0.29, 0.717) is 24.0 Å². The van der Waals surface area contributed by atoms with E-state index in [1.807, 2.05) is 55.4 Å².